The van der Waals surface area contributed by atoms with Gasteiger partial charge < -0.3 is 0 Å². The lowest BCUT2D eigenvalue weighted by atomic mass is 10.0. The van der Waals surface area contributed by atoms with Crippen molar-refractivity contribution < 1.29 is 9.59 Å². The van der Waals surface area contributed by atoms with E-state index in [2.05, 4.69) is 0 Å². The molecule has 2 amide bonds. The molecule has 1 saturated heterocycles. The Hall–Kier alpha value is -1.37. The number of nitriles is 1. The van der Waals surface area contributed by atoms with Gasteiger partial charge in [0.05, 0.1) is 17.9 Å². The second-order valence-electron chi connectivity index (χ2n) is 4.31. The summed E-state index contributed by atoms with van der Waals surface area (Å²) in [6.45, 7) is 3.69. The highest BCUT2D eigenvalue weighted by Crippen LogP contribution is 2.48. The summed E-state index contributed by atoms with van der Waals surface area (Å²) in [6.07, 6.45) is 0.699. The fourth-order valence-corrected chi connectivity index (χ4v) is 1.99. The number of carbonyl (C=O) groups excluding carboxylic acids is 2. The van der Waals surface area contributed by atoms with Crippen molar-refractivity contribution in [1.29, 1.82) is 5.26 Å². The van der Waals surface area contributed by atoms with E-state index in [1.807, 2.05) is 19.9 Å². The molecule has 0 aromatic heterocycles. The van der Waals surface area contributed by atoms with Crippen molar-refractivity contribution in [3.8, 4) is 6.07 Å². The van der Waals surface area contributed by atoms with Gasteiger partial charge in [-0.3, -0.25) is 14.5 Å². The Balaban J connectivity index is 2.23. The van der Waals surface area contributed by atoms with Crippen LogP contribution in [0, 0.1) is 29.1 Å². The molecule has 0 aromatic rings. The lowest BCUT2D eigenvalue weighted by molar-refractivity contribution is -0.143. The number of likely N-dealkylation sites (tertiary alicyclic amines) is 1. The Bertz CT molecular complexity index is 323. The van der Waals surface area contributed by atoms with Crippen molar-refractivity contribution in [2.45, 2.75) is 26.3 Å². The second kappa shape index (κ2) is 2.81. The molecule has 2 rings (SSSR count). The highest BCUT2D eigenvalue weighted by molar-refractivity contribution is 6.09. The quantitative estimate of drug-likeness (QED) is 0.600. The lowest BCUT2D eigenvalue weighted by Crippen LogP contribution is -2.43. The molecular weight excluding hydrogens is 180 g/mol. The molecule has 3 unspecified atom stereocenters. The van der Waals surface area contributed by atoms with Gasteiger partial charge in [0.25, 0.3) is 0 Å². The third-order valence-corrected chi connectivity index (χ3v) is 2.94. The number of nitrogens with zero attached hydrogens (tertiary/aromatic N) is 2. The maximum Gasteiger partial charge on any atom is 0.234 e. The predicted molar refractivity (Wildman–Crippen MR) is 47.7 cm³/mol. The van der Waals surface area contributed by atoms with Crippen LogP contribution < -0.4 is 0 Å². The highest BCUT2D eigenvalue weighted by atomic mass is 16.2. The number of rotatable bonds is 2. The van der Waals surface area contributed by atoms with E-state index in [4.69, 9.17) is 5.26 Å². The second-order valence-corrected chi connectivity index (χ2v) is 4.31. The molecule has 0 aromatic carbocycles. The van der Waals surface area contributed by atoms with Crippen LogP contribution >= 0.6 is 0 Å². The van der Waals surface area contributed by atoms with Crippen molar-refractivity contribution in [2.75, 3.05) is 0 Å². The largest absolute Gasteiger partial charge is 0.274 e. The number of piperidine rings is 1. The Morgan fingerprint density at radius 3 is 2.21 bits per heavy atom. The first-order valence-electron chi connectivity index (χ1n) is 4.84. The number of hydrogen-bond acceptors (Lipinski definition) is 3. The zero-order valence-electron chi connectivity index (χ0n) is 8.23. The van der Waals surface area contributed by atoms with Crippen molar-refractivity contribution in [3.05, 3.63) is 0 Å². The summed E-state index contributed by atoms with van der Waals surface area (Å²) in [5.74, 6) is -0.472. The van der Waals surface area contributed by atoms with Gasteiger partial charge in [-0.25, -0.2) is 0 Å². The highest BCUT2D eigenvalue weighted by Gasteiger charge is 2.60. The first-order valence-corrected chi connectivity index (χ1v) is 4.84. The molecule has 1 saturated carbocycles. The zero-order chi connectivity index (χ0) is 10.5. The van der Waals surface area contributed by atoms with Crippen molar-refractivity contribution in [1.82, 2.24) is 4.90 Å². The predicted octanol–water partition coefficient (Wildman–Crippen LogP) is 0.539. The van der Waals surface area contributed by atoms with Crippen LogP contribution in [-0.2, 0) is 9.59 Å². The van der Waals surface area contributed by atoms with E-state index in [1.165, 1.54) is 4.90 Å². The van der Waals surface area contributed by atoms with E-state index in [1.54, 1.807) is 0 Å². The molecular formula is C10H12N2O2. The molecule has 1 aliphatic carbocycles. The van der Waals surface area contributed by atoms with Gasteiger partial charge in [-0.15, -0.1) is 0 Å². The smallest absolute Gasteiger partial charge is 0.234 e. The Morgan fingerprint density at radius 1 is 1.36 bits per heavy atom. The number of fused-ring (bicyclic) bond motifs is 1. The van der Waals surface area contributed by atoms with E-state index >= 15 is 0 Å². The molecule has 1 heterocycles. The average Bonchev–Trinajstić information content (AvgIpc) is 2.85. The van der Waals surface area contributed by atoms with E-state index in [0.717, 1.165) is 0 Å². The van der Waals surface area contributed by atoms with Crippen LogP contribution in [0.5, 0.6) is 0 Å². The van der Waals surface area contributed by atoms with Gasteiger partial charge in [-0.2, -0.15) is 5.26 Å². The summed E-state index contributed by atoms with van der Waals surface area (Å²) >= 11 is 0. The molecule has 0 spiro atoms. The van der Waals surface area contributed by atoms with Gasteiger partial charge in [-0.05, 0) is 12.3 Å². The minimum Gasteiger partial charge on any atom is -0.274 e. The first kappa shape index (κ1) is 9.20. The SMILES string of the molecule is CC(C)C(C#N)N1C(=O)C2CC2C1=O. The molecule has 1 aliphatic heterocycles. The molecule has 0 N–H and O–H groups in total. The number of hydrogen-bond donors (Lipinski definition) is 0. The molecule has 2 fully saturated rings. The van der Waals surface area contributed by atoms with Crippen LogP contribution in [0.15, 0.2) is 0 Å². The third kappa shape index (κ3) is 1.05. The molecule has 0 radical (unpaired) electrons. The Kier molecular flexibility index (Phi) is 1.84. The summed E-state index contributed by atoms with van der Waals surface area (Å²) in [5.41, 5.74) is 0. The normalized spacial score (nSPS) is 31.7. The number of carbonyl (C=O) groups is 2. The number of amides is 2. The average molecular weight is 192 g/mol. The van der Waals surface area contributed by atoms with E-state index in [-0.39, 0.29) is 29.6 Å². The molecule has 0 bridgehead atoms. The standard InChI is InChI=1S/C10H12N2O2/c1-5(2)8(4-11)12-9(13)6-3-7(6)10(12)14/h5-8H,3H2,1-2H3. The summed E-state index contributed by atoms with van der Waals surface area (Å²) in [5, 5.41) is 8.90. The van der Waals surface area contributed by atoms with E-state index < -0.39 is 6.04 Å². The Morgan fingerprint density at radius 2 is 1.86 bits per heavy atom. The molecule has 74 valence electrons. The van der Waals surface area contributed by atoms with Crippen molar-refractivity contribution in [2.24, 2.45) is 17.8 Å². The maximum absolute atomic E-state index is 11.6. The number of imide groups is 1. The topological polar surface area (TPSA) is 61.2 Å². The van der Waals surface area contributed by atoms with Gasteiger partial charge in [0, 0.05) is 0 Å². The fourth-order valence-electron chi connectivity index (χ4n) is 1.99. The van der Waals surface area contributed by atoms with Gasteiger partial charge in [-0.1, -0.05) is 13.8 Å². The van der Waals surface area contributed by atoms with Crippen LogP contribution in [0.25, 0.3) is 0 Å². The van der Waals surface area contributed by atoms with Crippen LogP contribution in [0.2, 0.25) is 0 Å². The maximum atomic E-state index is 11.6. The summed E-state index contributed by atoms with van der Waals surface area (Å²) in [7, 11) is 0. The van der Waals surface area contributed by atoms with Crippen LogP contribution in [-0.4, -0.2) is 22.8 Å². The molecule has 3 atom stereocenters. The minimum atomic E-state index is -0.581. The minimum absolute atomic E-state index is 0.00500. The van der Waals surface area contributed by atoms with Gasteiger partial charge in [0.1, 0.15) is 6.04 Å². The zero-order valence-corrected chi connectivity index (χ0v) is 8.23. The molecule has 4 nitrogen and oxygen atoms in total. The van der Waals surface area contributed by atoms with Gasteiger partial charge >= 0.3 is 0 Å². The summed E-state index contributed by atoms with van der Waals surface area (Å²) in [4.78, 5) is 24.4. The monoisotopic (exact) mass is 192 g/mol. The molecule has 4 heteroatoms. The Labute approximate surface area is 82.5 Å². The van der Waals surface area contributed by atoms with Crippen LogP contribution in [0.1, 0.15) is 20.3 Å². The van der Waals surface area contributed by atoms with Crippen LogP contribution in [0.3, 0.4) is 0 Å². The molecule has 2 aliphatic rings. The lowest BCUT2D eigenvalue weighted by Gasteiger charge is -2.24. The van der Waals surface area contributed by atoms with E-state index in [0.29, 0.717) is 6.42 Å². The molecule has 14 heavy (non-hydrogen) atoms. The fraction of sp³-hybridized carbons (Fsp3) is 0.700. The van der Waals surface area contributed by atoms with Crippen molar-refractivity contribution >= 4 is 11.8 Å². The summed E-state index contributed by atoms with van der Waals surface area (Å²) < 4.78 is 0. The van der Waals surface area contributed by atoms with Crippen molar-refractivity contribution in [3.63, 3.8) is 0 Å². The summed E-state index contributed by atoms with van der Waals surface area (Å²) in [6, 6.07) is 1.45. The van der Waals surface area contributed by atoms with Gasteiger partial charge in [0.15, 0.2) is 0 Å². The van der Waals surface area contributed by atoms with Crippen LogP contribution in [0.4, 0.5) is 0 Å². The first-order chi connectivity index (χ1) is 6.57. The third-order valence-electron chi connectivity index (χ3n) is 2.94. The van der Waals surface area contributed by atoms with Gasteiger partial charge in [0.2, 0.25) is 11.8 Å². The van der Waals surface area contributed by atoms with E-state index in [9.17, 15) is 9.59 Å².